The van der Waals surface area contributed by atoms with Crippen molar-refractivity contribution in [3.63, 3.8) is 0 Å². The second-order valence-electron chi connectivity index (χ2n) is 18.0. The summed E-state index contributed by atoms with van der Waals surface area (Å²) in [7, 11) is 0. The van der Waals surface area contributed by atoms with Crippen LogP contribution in [0.4, 0.5) is 51.2 Å². The highest BCUT2D eigenvalue weighted by molar-refractivity contribution is 5.90. The Morgan fingerprint density at radius 1 is 0.471 bits per heavy atom. The first-order chi connectivity index (χ1) is 33.4. The first-order valence-corrected chi connectivity index (χ1v) is 23.6. The van der Waals surface area contributed by atoms with E-state index in [0.717, 1.165) is 68.6 Å². The van der Waals surface area contributed by atoms with Crippen LogP contribution in [0.15, 0.2) is 242 Å². The van der Waals surface area contributed by atoms with Crippen LogP contribution in [-0.4, -0.2) is 6.54 Å². The molecule has 0 fully saturated rings. The van der Waals surface area contributed by atoms with Crippen molar-refractivity contribution in [2.24, 2.45) is 5.18 Å². The van der Waals surface area contributed by atoms with Gasteiger partial charge in [0.2, 0.25) is 0 Å². The fraction of sp³-hybridized carbons (Fsp3) is 0.129. The molecule has 1 heterocycles. The zero-order valence-corrected chi connectivity index (χ0v) is 38.8. The number of hydrogen-bond acceptors (Lipinski definition) is 6. The highest BCUT2D eigenvalue weighted by Crippen LogP contribution is 2.54. The molecule has 0 spiro atoms. The normalized spacial score (nSPS) is 13.4. The Bertz CT molecular complexity index is 3050. The molecule has 0 amide bonds. The van der Waals surface area contributed by atoms with Crippen molar-refractivity contribution in [1.29, 1.82) is 0 Å². The van der Waals surface area contributed by atoms with Gasteiger partial charge in [-0.15, -0.1) is 4.91 Å². The third-order valence-electron chi connectivity index (χ3n) is 13.5. The Morgan fingerprint density at radius 2 is 0.868 bits per heavy atom. The molecule has 9 aromatic carbocycles. The molecule has 0 aliphatic carbocycles. The fourth-order valence-electron chi connectivity index (χ4n) is 9.83. The van der Waals surface area contributed by atoms with Gasteiger partial charge in [0.1, 0.15) is 0 Å². The van der Waals surface area contributed by atoms with Crippen LogP contribution in [0.2, 0.25) is 0 Å². The van der Waals surface area contributed by atoms with E-state index in [0.29, 0.717) is 6.54 Å². The summed E-state index contributed by atoms with van der Waals surface area (Å²) >= 11 is 0. The molecule has 2 unspecified atom stereocenters. The van der Waals surface area contributed by atoms with E-state index >= 15 is 0 Å². The van der Waals surface area contributed by atoms with E-state index in [-0.39, 0.29) is 11.3 Å². The quantitative estimate of drug-likeness (QED) is 0.104. The van der Waals surface area contributed by atoms with Gasteiger partial charge >= 0.3 is 0 Å². The highest BCUT2D eigenvalue weighted by atomic mass is 16.3. The summed E-state index contributed by atoms with van der Waals surface area (Å²) < 4.78 is 0. The molecule has 9 aromatic rings. The van der Waals surface area contributed by atoms with Crippen molar-refractivity contribution >= 4 is 51.2 Å². The molecular formula is C62H55N5O. The van der Waals surface area contributed by atoms with Crippen LogP contribution >= 0.6 is 0 Å². The first-order valence-electron chi connectivity index (χ1n) is 23.6. The van der Waals surface area contributed by atoms with Crippen LogP contribution in [0, 0.1) is 4.91 Å². The average molecular weight is 886 g/mol. The molecule has 1 aliphatic rings. The zero-order valence-electron chi connectivity index (χ0n) is 38.8. The van der Waals surface area contributed by atoms with Crippen molar-refractivity contribution in [2.75, 3.05) is 21.2 Å². The molecule has 0 aromatic heterocycles. The Hall–Kier alpha value is -8.06. The number of fused-ring (bicyclic) bond motifs is 2. The fourth-order valence-corrected chi connectivity index (χ4v) is 9.83. The van der Waals surface area contributed by atoms with Crippen molar-refractivity contribution in [3.05, 3.63) is 264 Å². The molecule has 6 heteroatoms. The lowest BCUT2D eigenvalue weighted by Crippen LogP contribution is -2.31. The Kier molecular flexibility index (Phi) is 12.5. The lowest BCUT2D eigenvalue weighted by Gasteiger charge is -2.43. The molecule has 0 bridgehead atoms. The molecule has 68 heavy (non-hydrogen) atoms. The highest BCUT2D eigenvalue weighted by Gasteiger charge is 2.38. The number of hydrogen-bond donors (Lipinski definition) is 1. The zero-order chi connectivity index (χ0) is 46.5. The van der Waals surface area contributed by atoms with Gasteiger partial charge in [-0.1, -0.05) is 160 Å². The van der Waals surface area contributed by atoms with Crippen molar-refractivity contribution < 1.29 is 0 Å². The predicted octanol–water partition coefficient (Wildman–Crippen LogP) is 17.0. The SMILES string of the molecule is CCC(CNC(N=O)c1ccccc1)c1ccc(-c2ccc(N(c3ccccc3)c3ccc4c(c3)C(C)(C)c3cc(N(c5ccccc5)c5ccccc5)ccc3N4c3ccccc3)cc2)cc1. The van der Waals surface area contributed by atoms with Crippen LogP contribution in [0.3, 0.4) is 0 Å². The van der Waals surface area contributed by atoms with Crippen LogP contribution in [-0.2, 0) is 5.41 Å². The van der Waals surface area contributed by atoms with Crippen LogP contribution in [0.5, 0.6) is 0 Å². The maximum atomic E-state index is 11.7. The summed E-state index contributed by atoms with van der Waals surface area (Å²) in [5.41, 5.74) is 16.5. The Labute approximate surface area is 400 Å². The second kappa shape index (κ2) is 19.4. The summed E-state index contributed by atoms with van der Waals surface area (Å²) in [6.45, 7) is 7.58. The van der Waals surface area contributed by atoms with Crippen molar-refractivity contribution in [1.82, 2.24) is 5.32 Å². The van der Waals surface area contributed by atoms with Crippen LogP contribution < -0.4 is 20.0 Å². The molecule has 0 radical (unpaired) electrons. The number of para-hydroxylation sites is 4. The standard InChI is InChI=1S/C62H55N5O/c1-4-45(44-63-61(64-68)49-20-10-5-11-21-49)46-30-32-47(33-31-46)48-34-36-54(37-35-48)66(52-26-16-8-17-27-52)56-39-41-60-58(43-56)62(2,3)57-42-55(38-40-59(57)67(60)53-28-18-9-19-29-53)65(50-22-12-6-13-23-50)51-24-14-7-15-25-51/h5-43,45,61,63H,4,44H2,1-3H3. The smallest absolute Gasteiger partial charge is 0.168 e. The van der Waals surface area contributed by atoms with Crippen molar-refractivity contribution in [3.8, 4) is 11.1 Å². The Morgan fingerprint density at radius 3 is 1.31 bits per heavy atom. The number of benzene rings is 9. The average Bonchev–Trinajstić information content (AvgIpc) is 3.40. The summed E-state index contributed by atoms with van der Waals surface area (Å²) in [6.07, 6.45) is 0.368. The minimum atomic E-state index is -0.572. The van der Waals surface area contributed by atoms with Gasteiger partial charge in [-0.25, -0.2) is 0 Å². The predicted molar refractivity (Wildman–Crippen MR) is 284 cm³/mol. The number of nitroso groups, excluding NO2 is 1. The van der Waals surface area contributed by atoms with Gasteiger partial charge in [0.05, 0.1) is 11.4 Å². The van der Waals surface area contributed by atoms with Gasteiger partial charge in [0.25, 0.3) is 0 Å². The van der Waals surface area contributed by atoms with E-state index in [9.17, 15) is 4.91 Å². The number of nitrogens with zero attached hydrogens (tertiary/aromatic N) is 4. The summed E-state index contributed by atoms with van der Waals surface area (Å²) in [4.78, 5) is 18.9. The molecular weight excluding hydrogens is 831 g/mol. The Balaban J connectivity index is 0.994. The third kappa shape index (κ3) is 8.70. The summed E-state index contributed by atoms with van der Waals surface area (Å²) in [5, 5.41) is 6.77. The van der Waals surface area contributed by atoms with Gasteiger partial charge in [-0.05, 0) is 148 Å². The van der Waals surface area contributed by atoms with Gasteiger partial charge in [0.15, 0.2) is 6.17 Å². The molecule has 2 atom stereocenters. The third-order valence-corrected chi connectivity index (χ3v) is 13.5. The van der Waals surface area contributed by atoms with Crippen LogP contribution in [0.1, 0.15) is 61.5 Å². The van der Waals surface area contributed by atoms with E-state index in [2.05, 4.69) is 252 Å². The second-order valence-corrected chi connectivity index (χ2v) is 18.0. The lowest BCUT2D eigenvalue weighted by molar-refractivity contribution is 0.497. The number of nitrogens with one attached hydrogen (secondary N) is 1. The van der Waals surface area contributed by atoms with E-state index in [1.807, 2.05) is 30.3 Å². The maximum absolute atomic E-state index is 11.7. The monoisotopic (exact) mass is 885 g/mol. The maximum Gasteiger partial charge on any atom is 0.168 e. The number of anilines is 9. The summed E-state index contributed by atoms with van der Waals surface area (Å²) in [5.74, 6) is 0.244. The van der Waals surface area contributed by atoms with Gasteiger partial charge in [-0.3, -0.25) is 5.32 Å². The molecule has 6 nitrogen and oxygen atoms in total. The molecule has 1 N–H and O–H groups in total. The topological polar surface area (TPSA) is 51.2 Å². The summed E-state index contributed by atoms with van der Waals surface area (Å²) in [6, 6.07) is 84.0. The van der Waals surface area contributed by atoms with E-state index in [1.54, 1.807) is 0 Å². The molecule has 334 valence electrons. The first kappa shape index (κ1) is 43.8. The molecule has 1 aliphatic heterocycles. The van der Waals surface area contributed by atoms with Gasteiger partial charge in [0, 0.05) is 51.8 Å². The van der Waals surface area contributed by atoms with Crippen molar-refractivity contribution in [2.45, 2.75) is 44.7 Å². The van der Waals surface area contributed by atoms with E-state index < -0.39 is 6.17 Å². The molecule has 0 saturated heterocycles. The lowest BCUT2D eigenvalue weighted by atomic mass is 9.73. The minimum Gasteiger partial charge on any atom is -0.310 e. The molecule has 0 saturated carbocycles. The molecule has 10 rings (SSSR count). The number of rotatable bonds is 15. The van der Waals surface area contributed by atoms with Gasteiger partial charge < -0.3 is 14.7 Å². The van der Waals surface area contributed by atoms with Gasteiger partial charge in [-0.2, -0.15) is 0 Å². The van der Waals surface area contributed by atoms with Crippen LogP contribution in [0.25, 0.3) is 11.1 Å². The minimum absolute atomic E-state index is 0.244. The van der Waals surface area contributed by atoms with E-state index in [4.69, 9.17) is 0 Å². The van der Waals surface area contributed by atoms with E-state index in [1.165, 1.54) is 22.4 Å². The largest absolute Gasteiger partial charge is 0.310 e.